The maximum Gasteiger partial charge on any atom is 0.234 e. The molecule has 4 atom stereocenters. The maximum absolute atomic E-state index is 13.4. The van der Waals surface area contributed by atoms with Crippen molar-refractivity contribution in [2.45, 2.75) is 69.4 Å². The van der Waals surface area contributed by atoms with Crippen molar-refractivity contribution in [3.63, 3.8) is 0 Å². The molecule has 160 valence electrons. The number of benzene rings is 1. The minimum absolute atomic E-state index is 0.0147. The maximum atomic E-state index is 13.4. The van der Waals surface area contributed by atoms with Crippen LogP contribution in [0.1, 0.15) is 40.5 Å². The summed E-state index contributed by atoms with van der Waals surface area (Å²) in [5.74, 6) is -1.01. The van der Waals surface area contributed by atoms with Gasteiger partial charge in [0.05, 0.1) is 24.5 Å². The molecule has 0 saturated carbocycles. The van der Waals surface area contributed by atoms with Crippen molar-refractivity contribution >= 4 is 17.5 Å². The lowest BCUT2D eigenvalue weighted by Crippen LogP contribution is -2.62. The number of anilines is 1. The molecule has 5 rings (SSSR count). The molecule has 0 aromatic heterocycles. The van der Waals surface area contributed by atoms with Crippen LogP contribution in [-0.4, -0.2) is 47.2 Å². The number of piperidine rings is 1. The highest BCUT2D eigenvalue weighted by Crippen LogP contribution is 2.52. The molecule has 1 spiro atoms. The summed E-state index contributed by atoms with van der Waals surface area (Å²) in [6.45, 7) is 9.14. The molecule has 3 saturated heterocycles. The third-order valence-corrected chi connectivity index (χ3v) is 7.01. The van der Waals surface area contributed by atoms with Crippen molar-refractivity contribution < 1.29 is 14.3 Å². The molecule has 0 radical (unpaired) electrons. The molecule has 1 aromatic rings. The monoisotopic (exact) mass is 409 g/mol. The van der Waals surface area contributed by atoms with Gasteiger partial charge in [0, 0.05) is 22.8 Å². The Kier molecular flexibility index (Phi) is 4.22. The average Bonchev–Trinajstić information content (AvgIpc) is 3.28. The van der Waals surface area contributed by atoms with Gasteiger partial charge < -0.3 is 20.3 Å². The predicted octanol–water partition coefficient (Wildman–Crippen LogP) is 2.40. The average molecular weight is 410 g/mol. The van der Waals surface area contributed by atoms with Gasteiger partial charge in [0.15, 0.2) is 0 Å². The van der Waals surface area contributed by atoms with E-state index in [0.717, 1.165) is 18.5 Å². The van der Waals surface area contributed by atoms with Gasteiger partial charge in [-0.3, -0.25) is 9.59 Å². The van der Waals surface area contributed by atoms with Crippen LogP contribution >= 0.6 is 0 Å². The largest absolute Gasteiger partial charge is 0.360 e. The minimum atomic E-state index is -0.688. The third kappa shape index (κ3) is 3.08. The Hall–Kier alpha value is -2.18. The van der Waals surface area contributed by atoms with Crippen LogP contribution in [0.25, 0.3) is 0 Å². The summed E-state index contributed by atoms with van der Waals surface area (Å²) in [4.78, 5) is 28.6. The van der Waals surface area contributed by atoms with Crippen molar-refractivity contribution in [2.75, 3.05) is 11.4 Å². The molecule has 0 aliphatic carbocycles. The van der Waals surface area contributed by atoms with Gasteiger partial charge >= 0.3 is 0 Å². The second kappa shape index (κ2) is 6.41. The van der Waals surface area contributed by atoms with Gasteiger partial charge in [-0.15, -0.1) is 0 Å². The van der Waals surface area contributed by atoms with Crippen LogP contribution in [0.4, 0.5) is 5.69 Å². The molecule has 4 aliphatic rings. The quantitative estimate of drug-likeness (QED) is 0.752. The zero-order chi connectivity index (χ0) is 21.3. The molecule has 4 heterocycles. The molecule has 1 aromatic carbocycles. The number of rotatable bonds is 3. The summed E-state index contributed by atoms with van der Waals surface area (Å²) in [5, 5.41) is 6.93. The van der Waals surface area contributed by atoms with E-state index >= 15 is 0 Å². The highest BCUT2D eigenvalue weighted by Gasteiger charge is 2.67. The van der Waals surface area contributed by atoms with Crippen LogP contribution in [0.15, 0.2) is 42.5 Å². The van der Waals surface area contributed by atoms with Gasteiger partial charge in [-0.1, -0.05) is 30.4 Å². The van der Waals surface area contributed by atoms with Crippen LogP contribution in [-0.2, 0) is 14.3 Å². The second-order valence-corrected chi connectivity index (χ2v) is 10.7. The van der Waals surface area contributed by atoms with E-state index < -0.39 is 17.4 Å². The van der Waals surface area contributed by atoms with Gasteiger partial charge in [0.25, 0.3) is 0 Å². The molecule has 4 aliphatic heterocycles. The van der Waals surface area contributed by atoms with E-state index in [0.29, 0.717) is 6.54 Å². The highest BCUT2D eigenvalue weighted by atomic mass is 16.5. The lowest BCUT2D eigenvalue weighted by Gasteiger charge is -2.47. The Morgan fingerprint density at radius 1 is 1.13 bits per heavy atom. The fraction of sp³-hybridized carbons (Fsp3) is 0.583. The van der Waals surface area contributed by atoms with E-state index in [4.69, 9.17) is 4.74 Å². The van der Waals surface area contributed by atoms with Crippen LogP contribution < -0.4 is 15.5 Å². The molecule has 3 fully saturated rings. The number of para-hydroxylation sites is 1. The van der Waals surface area contributed by atoms with Crippen molar-refractivity contribution in [2.24, 2.45) is 11.8 Å². The van der Waals surface area contributed by atoms with Gasteiger partial charge in [0.1, 0.15) is 5.60 Å². The number of amides is 2. The Morgan fingerprint density at radius 3 is 2.47 bits per heavy atom. The summed E-state index contributed by atoms with van der Waals surface area (Å²) in [6.07, 6.45) is 5.37. The summed E-state index contributed by atoms with van der Waals surface area (Å²) >= 11 is 0. The number of ether oxygens (including phenoxy) is 1. The number of fused-ring (bicyclic) bond motifs is 1. The van der Waals surface area contributed by atoms with Crippen LogP contribution in [0, 0.1) is 11.8 Å². The fourth-order valence-electron chi connectivity index (χ4n) is 6.35. The molecular weight excluding hydrogens is 378 g/mol. The zero-order valence-electron chi connectivity index (χ0n) is 18.1. The van der Waals surface area contributed by atoms with E-state index in [2.05, 4.69) is 38.3 Å². The highest BCUT2D eigenvalue weighted by molar-refractivity contribution is 6.03. The lowest BCUT2D eigenvalue weighted by atomic mass is 9.75. The van der Waals surface area contributed by atoms with Gasteiger partial charge in [-0.2, -0.15) is 0 Å². The van der Waals surface area contributed by atoms with E-state index in [1.807, 2.05) is 42.5 Å². The predicted molar refractivity (Wildman–Crippen MR) is 115 cm³/mol. The number of nitrogens with zero attached hydrogens (tertiary/aromatic N) is 1. The number of carbonyl (C=O) groups excluding carboxylic acids is 2. The molecule has 4 unspecified atom stereocenters. The van der Waals surface area contributed by atoms with Crippen molar-refractivity contribution in [1.29, 1.82) is 0 Å². The molecule has 30 heavy (non-hydrogen) atoms. The summed E-state index contributed by atoms with van der Waals surface area (Å²) in [5.41, 5.74) is 0.0536. The summed E-state index contributed by atoms with van der Waals surface area (Å²) in [7, 11) is 0. The third-order valence-electron chi connectivity index (χ3n) is 7.01. The SMILES string of the molecule is CC1(C)CC(NC(=O)C2C3C=CC4(CN(c5ccccc5)C(=O)C24)O3)CC(C)(C)N1. The van der Waals surface area contributed by atoms with Crippen molar-refractivity contribution in [3.05, 3.63) is 42.5 Å². The molecule has 2 amide bonds. The second-order valence-electron chi connectivity index (χ2n) is 10.7. The first-order valence-corrected chi connectivity index (χ1v) is 10.9. The van der Waals surface area contributed by atoms with Crippen LogP contribution in [0.2, 0.25) is 0 Å². The molecule has 2 bridgehead atoms. The number of hydrogen-bond acceptors (Lipinski definition) is 4. The molecule has 6 nitrogen and oxygen atoms in total. The Bertz CT molecular complexity index is 894. The van der Waals surface area contributed by atoms with E-state index in [9.17, 15) is 9.59 Å². The van der Waals surface area contributed by atoms with Crippen molar-refractivity contribution in [3.8, 4) is 0 Å². The molecule has 2 N–H and O–H groups in total. The Labute approximate surface area is 178 Å². The zero-order valence-corrected chi connectivity index (χ0v) is 18.1. The molecule has 6 heteroatoms. The first kappa shape index (κ1) is 19.8. The summed E-state index contributed by atoms with van der Waals surface area (Å²) in [6, 6.07) is 9.72. The van der Waals surface area contributed by atoms with Gasteiger partial charge in [0.2, 0.25) is 11.8 Å². The standard InChI is InChI=1S/C24H31N3O3/c1-22(2)12-15(13-23(3,4)26-22)25-20(28)18-17-10-11-24(30-17)14-27(21(29)19(18)24)16-8-6-5-7-9-16/h5-11,15,17-19,26H,12-14H2,1-4H3,(H,25,28). The minimum Gasteiger partial charge on any atom is -0.360 e. The number of nitrogens with one attached hydrogen (secondary N) is 2. The summed E-state index contributed by atoms with van der Waals surface area (Å²) < 4.78 is 6.26. The van der Waals surface area contributed by atoms with Gasteiger partial charge in [-0.05, 0) is 52.7 Å². The number of hydrogen-bond donors (Lipinski definition) is 2. The number of carbonyl (C=O) groups is 2. The van der Waals surface area contributed by atoms with Crippen LogP contribution in [0.5, 0.6) is 0 Å². The van der Waals surface area contributed by atoms with E-state index in [1.165, 1.54) is 0 Å². The first-order valence-electron chi connectivity index (χ1n) is 10.9. The normalized spacial score (nSPS) is 36.2. The first-order chi connectivity index (χ1) is 14.1. The molecular formula is C24H31N3O3. The van der Waals surface area contributed by atoms with E-state index in [1.54, 1.807) is 4.90 Å². The topological polar surface area (TPSA) is 70.7 Å². The lowest BCUT2D eigenvalue weighted by molar-refractivity contribution is -0.132. The Balaban J connectivity index is 1.37. The Morgan fingerprint density at radius 2 is 1.80 bits per heavy atom. The fourth-order valence-corrected chi connectivity index (χ4v) is 6.35. The van der Waals surface area contributed by atoms with Crippen LogP contribution in [0.3, 0.4) is 0 Å². The smallest absolute Gasteiger partial charge is 0.234 e. The van der Waals surface area contributed by atoms with Gasteiger partial charge in [-0.25, -0.2) is 0 Å². The van der Waals surface area contributed by atoms with E-state index in [-0.39, 0.29) is 35.0 Å². The van der Waals surface area contributed by atoms with Crippen molar-refractivity contribution in [1.82, 2.24) is 10.6 Å².